The molecule has 3 aromatic rings. The number of halogens is 1. The smallest absolute Gasteiger partial charge is 0.306 e. The fourth-order valence-electron chi connectivity index (χ4n) is 5.07. The fraction of sp³-hybridized carbons (Fsp3) is 0.387. The van der Waals surface area contributed by atoms with Crippen LogP contribution in [0.1, 0.15) is 48.4 Å². The molecule has 5 heteroatoms. The van der Waals surface area contributed by atoms with Crippen molar-refractivity contribution in [3.8, 4) is 0 Å². The summed E-state index contributed by atoms with van der Waals surface area (Å²) >= 11 is 0. The third-order valence-corrected chi connectivity index (χ3v) is 6.97. The lowest BCUT2D eigenvalue weighted by atomic mass is 9.95. The van der Waals surface area contributed by atoms with Crippen molar-refractivity contribution in [3.05, 3.63) is 94.8 Å². The maximum absolute atomic E-state index is 14.8. The van der Waals surface area contributed by atoms with Crippen LogP contribution in [0, 0.1) is 5.82 Å². The number of aryl methyl sites for hydroxylation is 2. The molecule has 1 aliphatic heterocycles. The van der Waals surface area contributed by atoms with Crippen molar-refractivity contribution in [2.45, 2.75) is 52.0 Å². The Balaban J connectivity index is 1.39. The number of nitrogens with zero attached hydrogens (tertiary/aromatic N) is 2. The fourth-order valence-corrected chi connectivity index (χ4v) is 5.07. The molecule has 0 spiro atoms. The standard InChI is InChI=1S/C31H37FN2O2/c1-3-36-31(35)19-17-25-16-18-27(22-29(25)32)33(2)23-26-13-7-15-30-28(26)14-9-21-34(30)20-8-12-24-10-5-4-6-11-24/h4-7,10-11,13,15-16,18,22H,3,8-9,12,14,17,19-21,23H2,1-2H3. The lowest BCUT2D eigenvalue weighted by Crippen LogP contribution is -2.31. The van der Waals surface area contributed by atoms with Gasteiger partial charge in [-0.15, -0.1) is 0 Å². The number of rotatable bonds is 11. The minimum atomic E-state index is -0.291. The first kappa shape index (κ1) is 25.7. The molecule has 0 fully saturated rings. The number of fused-ring (bicyclic) bond motifs is 1. The molecule has 0 bridgehead atoms. The summed E-state index contributed by atoms with van der Waals surface area (Å²) in [5.41, 5.74) is 6.84. The van der Waals surface area contributed by atoms with E-state index in [1.165, 1.54) is 22.4 Å². The van der Waals surface area contributed by atoms with Gasteiger partial charge in [0.1, 0.15) is 5.82 Å². The van der Waals surface area contributed by atoms with Gasteiger partial charge in [0.15, 0.2) is 0 Å². The van der Waals surface area contributed by atoms with Gasteiger partial charge >= 0.3 is 5.97 Å². The molecule has 36 heavy (non-hydrogen) atoms. The molecule has 0 saturated carbocycles. The van der Waals surface area contributed by atoms with Crippen LogP contribution in [0.15, 0.2) is 66.7 Å². The topological polar surface area (TPSA) is 32.8 Å². The number of hydrogen-bond acceptors (Lipinski definition) is 4. The molecule has 0 unspecified atom stereocenters. The van der Waals surface area contributed by atoms with Gasteiger partial charge in [-0.1, -0.05) is 48.5 Å². The van der Waals surface area contributed by atoms with E-state index in [9.17, 15) is 9.18 Å². The Labute approximate surface area is 214 Å². The molecule has 190 valence electrons. The number of anilines is 2. The van der Waals surface area contributed by atoms with Crippen LogP contribution in [-0.4, -0.2) is 32.7 Å². The molecule has 1 aliphatic rings. The van der Waals surface area contributed by atoms with Gasteiger partial charge in [0.25, 0.3) is 0 Å². The third kappa shape index (κ3) is 6.66. The summed E-state index contributed by atoms with van der Waals surface area (Å²) in [6.45, 7) is 5.00. The Kier molecular flexibility index (Phi) is 8.99. The first-order chi connectivity index (χ1) is 17.5. The molecular weight excluding hydrogens is 451 g/mol. The average molecular weight is 489 g/mol. The van der Waals surface area contributed by atoms with E-state index in [4.69, 9.17) is 4.74 Å². The summed E-state index contributed by atoms with van der Waals surface area (Å²) in [7, 11) is 2.01. The zero-order valence-electron chi connectivity index (χ0n) is 21.5. The molecule has 0 N–H and O–H groups in total. The average Bonchev–Trinajstić information content (AvgIpc) is 2.89. The highest BCUT2D eigenvalue weighted by Crippen LogP contribution is 2.31. The molecule has 0 radical (unpaired) electrons. The first-order valence-electron chi connectivity index (χ1n) is 13.1. The Bertz CT molecular complexity index is 1150. The molecule has 0 atom stereocenters. The lowest BCUT2D eigenvalue weighted by Gasteiger charge is -2.33. The quantitative estimate of drug-likeness (QED) is 0.295. The van der Waals surface area contributed by atoms with Gasteiger partial charge in [-0.3, -0.25) is 4.79 Å². The van der Waals surface area contributed by atoms with E-state index >= 15 is 0 Å². The van der Waals surface area contributed by atoms with Crippen LogP contribution in [0.4, 0.5) is 15.8 Å². The molecule has 0 aliphatic carbocycles. The monoisotopic (exact) mass is 488 g/mol. The summed E-state index contributed by atoms with van der Waals surface area (Å²) < 4.78 is 19.7. The van der Waals surface area contributed by atoms with Crippen LogP contribution in [0.25, 0.3) is 0 Å². The highest BCUT2D eigenvalue weighted by molar-refractivity contribution is 5.69. The summed E-state index contributed by atoms with van der Waals surface area (Å²) in [6.07, 6.45) is 5.00. The molecule has 3 aromatic carbocycles. The largest absolute Gasteiger partial charge is 0.466 e. The van der Waals surface area contributed by atoms with E-state index < -0.39 is 0 Å². The highest BCUT2D eigenvalue weighted by Gasteiger charge is 2.20. The summed E-state index contributed by atoms with van der Waals surface area (Å²) in [5.74, 6) is -0.565. The number of benzene rings is 3. The van der Waals surface area contributed by atoms with Gasteiger partial charge in [-0.2, -0.15) is 0 Å². The Morgan fingerprint density at radius 1 is 1.03 bits per heavy atom. The highest BCUT2D eigenvalue weighted by atomic mass is 19.1. The summed E-state index contributed by atoms with van der Waals surface area (Å²) in [5, 5.41) is 0. The number of carbonyl (C=O) groups is 1. The van der Waals surface area contributed by atoms with Crippen molar-refractivity contribution in [2.75, 3.05) is 36.5 Å². The van der Waals surface area contributed by atoms with Crippen LogP contribution in [-0.2, 0) is 35.3 Å². The summed E-state index contributed by atoms with van der Waals surface area (Å²) in [4.78, 5) is 16.2. The normalized spacial score (nSPS) is 12.8. The lowest BCUT2D eigenvalue weighted by molar-refractivity contribution is -0.143. The van der Waals surface area contributed by atoms with Gasteiger partial charge in [-0.25, -0.2) is 4.39 Å². The van der Waals surface area contributed by atoms with Gasteiger partial charge in [-0.05, 0) is 79.5 Å². The van der Waals surface area contributed by atoms with Crippen molar-refractivity contribution < 1.29 is 13.9 Å². The Morgan fingerprint density at radius 3 is 2.64 bits per heavy atom. The predicted molar refractivity (Wildman–Crippen MR) is 145 cm³/mol. The van der Waals surface area contributed by atoms with Crippen LogP contribution in [0.5, 0.6) is 0 Å². The van der Waals surface area contributed by atoms with Crippen LogP contribution in [0.3, 0.4) is 0 Å². The molecule has 0 amide bonds. The third-order valence-electron chi connectivity index (χ3n) is 6.97. The molecular formula is C31H37FN2O2. The number of hydrogen-bond donors (Lipinski definition) is 0. The van der Waals surface area contributed by atoms with Crippen molar-refractivity contribution in [3.63, 3.8) is 0 Å². The van der Waals surface area contributed by atoms with E-state index in [1.807, 2.05) is 13.1 Å². The van der Waals surface area contributed by atoms with E-state index in [1.54, 1.807) is 19.1 Å². The second-order valence-electron chi connectivity index (χ2n) is 9.53. The van der Waals surface area contributed by atoms with Crippen LogP contribution >= 0.6 is 0 Å². The van der Waals surface area contributed by atoms with Gasteiger partial charge in [0, 0.05) is 44.5 Å². The SMILES string of the molecule is CCOC(=O)CCc1ccc(N(C)Cc2cccc3c2CCCN3CCCc2ccccc2)cc1F. The minimum absolute atomic E-state index is 0.192. The van der Waals surface area contributed by atoms with Gasteiger partial charge < -0.3 is 14.5 Å². The van der Waals surface area contributed by atoms with Crippen molar-refractivity contribution >= 4 is 17.3 Å². The zero-order chi connectivity index (χ0) is 25.3. The zero-order valence-corrected chi connectivity index (χ0v) is 21.5. The molecule has 1 heterocycles. The van der Waals surface area contributed by atoms with E-state index in [0.29, 0.717) is 18.6 Å². The predicted octanol–water partition coefficient (Wildman–Crippen LogP) is 6.34. The number of carbonyl (C=O) groups excluding carboxylic acids is 1. The minimum Gasteiger partial charge on any atom is -0.466 e. The van der Waals surface area contributed by atoms with Crippen LogP contribution in [0.2, 0.25) is 0 Å². The van der Waals surface area contributed by atoms with E-state index in [2.05, 4.69) is 58.3 Å². The molecule has 0 aromatic heterocycles. The second kappa shape index (κ2) is 12.6. The summed E-state index contributed by atoms with van der Waals surface area (Å²) in [6, 6.07) is 22.6. The second-order valence-corrected chi connectivity index (χ2v) is 9.53. The Morgan fingerprint density at radius 2 is 1.86 bits per heavy atom. The van der Waals surface area contributed by atoms with E-state index in [0.717, 1.165) is 51.0 Å². The van der Waals surface area contributed by atoms with Crippen molar-refractivity contribution in [1.82, 2.24) is 0 Å². The molecule has 0 saturated heterocycles. The van der Waals surface area contributed by atoms with Crippen molar-refractivity contribution in [1.29, 1.82) is 0 Å². The number of esters is 1. The molecule has 4 nitrogen and oxygen atoms in total. The van der Waals surface area contributed by atoms with E-state index in [-0.39, 0.29) is 18.2 Å². The molecule has 4 rings (SSSR count). The first-order valence-corrected chi connectivity index (χ1v) is 13.1. The Hall–Kier alpha value is -3.34. The van der Waals surface area contributed by atoms with Gasteiger partial charge in [0.05, 0.1) is 6.61 Å². The van der Waals surface area contributed by atoms with Crippen molar-refractivity contribution in [2.24, 2.45) is 0 Å². The number of ether oxygens (including phenoxy) is 1. The van der Waals surface area contributed by atoms with Gasteiger partial charge in [0.2, 0.25) is 0 Å². The maximum Gasteiger partial charge on any atom is 0.306 e. The maximum atomic E-state index is 14.8. The van der Waals surface area contributed by atoms with Crippen LogP contribution < -0.4 is 9.80 Å².